The van der Waals surface area contributed by atoms with Gasteiger partial charge in [-0.25, -0.2) is 0 Å². The zero-order chi connectivity index (χ0) is 16.9. The summed E-state index contributed by atoms with van der Waals surface area (Å²) in [5.41, 5.74) is 2.41. The third kappa shape index (κ3) is 3.36. The number of methoxy groups -OCH3 is 1. The van der Waals surface area contributed by atoms with E-state index in [0.29, 0.717) is 35.7 Å². The van der Waals surface area contributed by atoms with Crippen LogP contribution in [0.3, 0.4) is 0 Å². The van der Waals surface area contributed by atoms with E-state index in [0.717, 1.165) is 5.56 Å². The predicted molar refractivity (Wildman–Crippen MR) is 90.6 cm³/mol. The summed E-state index contributed by atoms with van der Waals surface area (Å²) in [7, 11) is 1.62. The summed E-state index contributed by atoms with van der Waals surface area (Å²) in [5.74, 6) is -0.0733. The number of ether oxygens (including phenoxy) is 2. The monoisotopic (exact) mass is 323 g/mol. The van der Waals surface area contributed by atoms with E-state index in [-0.39, 0.29) is 5.91 Å². The molecule has 1 aliphatic rings. The van der Waals surface area contributed by atoms with E-state index in [1.54, 1.807) is 31.4 Å². The maximum Gasteiger partial charge on any atom is 0.258 e. The molecule has 1 aliphatic heterocycles. The lowest BCUT2D eigenvalue weighted by atomic mass is 9.93. The minimum atomic E-state index is -0.399. The van der Waals surface area contributed by atoms with Crippen LogP contribution >= 0.6 is 0 Å². The second kappa shape index (κ2) is 7.10. The first-order valence-corrected chi connectivity index (χ1v) is 7.57. The Bertz CT molecular complexity index is 811. The maximum absolute atomic E-state index is 12.2. The maximum atomic E-state index is 12.2. The highest BCUT2D eigenvalue weighted by atomic mass is 16.5. The van der Waals surface area contributed by atoms with Gasteiger partial charge in [0.25, 0.3) is 11.8 Å². The van der Waals surface area contributed by atoms with Gasteiger partial charge in [0, 0.05) is 18.2 Å². The molecular formula is C19H17NO4. The number of hydrogen-bond donors (Lipinski definition) is 1. The highest BCUT2D eigenvalue weighted by molar-refractivity contribution is 6.33. The molecule has 0 unspecified atom stereocenters. The van der Waals surface area contributed by atoms with E-state index in [2.05, 4.69) is 5.32 Å². The average molecular weight is 323 g/mol. The number of amides is 2. The lowest BCUT2D eigenvalue weighted by molar-refractivity contribution is -0.114. The predicted octanol–water partition coefficient (Wildman–Crippen LogP) is 2.52. The van der Waals surface area contributed by atoms with Gasteiger partial charge in [0.1, 0.15) is 12.4 Å². The first kappa shape index (κ1) is 16.0. The molecule has 1 heterocycles. The summed E-state index contributed by atoms with van der Waals surface area (Å²) in [4.78, 5) is 24.1. The number of carbonyl (C=O) groups is 2. The van der Waals surface area contributed by atoms with Crippen LogP contribution in [0, 0.1) is 0 Å². The van der Waals surface area contributed by atoms with Gasteiger partial charge in [0.15, 0.2) is 0 Å². The van der Waals surface area contributed by atoms with Crippen molar-refractivity contribution < 1.29 is 19.1 Å². The van der Waals surface area contributed by atoms with Crippen molar-refractivity contribution in [1.29, 1.82) is 0 Å². The van der Waals surface area contributed by atoms with Crippen LogP contribution in [-0.2, 0) is 9.53 Å². The number of hydrogen-bond acceptors (Lipinski definition) is 4. The zero-order valence-corrected chi connectivity index (χ0v) is 13.2. The van der Waals surface area contributed by atoms with Gasteiger partial charge >= 0.3 is 0 Å². The molecule has 0 aliphatic carbocycles. The lowest BCUT2D eigenvalue weighted by Gasteiger charge is -2.18. The molecular weight excluding hydrogens is 306 g/mol. The molecule has 5 nitrogen and oxygen atoms in total. The van der Waals surface area contributed by atoms with Crippen LogP contribution < -0.4 is 10.1 Å². The van der Waals surface area contributed by atoms with Gasteiger partial charge in [-0.1, -0.05) is 30.3 Å². The van der Waals surface area contributed by atoms with Crippen molar-refractivity contribution in [3.8, 4) is 5.75 Å². The van der Waals surface area contributed by atoms with E-state index in [1.165, 1.54) is 0 Å². The molecule has 2 amide bonds. The summed E-state index contributed by atoms with van der Waals surface area (Å²) in [6, 6.07) is 14.5. The van der Waals surface area contributed by atoms with Crippen molar-refractivity contribution in [2.75, 3.05) is 20.3 Å². The van der Waals surface area contributed by atoms with E-state index < -0.39 is 5.91 Å². The van der Waals surface area contributed by atoms with E-state index in [4.69, 9.17) is 9.47 Å². The molecule has 0 saturated carbocycles. The molecule has 3 rings (SSSR count). The quantitative estimate of drug-likeness (QED) is 0.522. The van der Waals surface area contributed by atoms with Crippen LogP contribution in [0.1, 0.15) is 21.5 Å². The third-order valence-corrected chi connectivity index (χ3v) is 3.66. The fraction of sp³-hybridized carbons (Fsp3) is 0.158. The second-order valence-electron chi connectivity index (χ2n) is 5.30. The van der Waals surface area contributed by atoms with Gasteiger partial charge in [0.2, 0.25) is 0 Å². The fourth-order valence-electron chi connectivity index (χ4n) is 2.52. The molecule has 5 heteroatoms. The smallest absolute Gasteiger partial charge is 0.258 e. The molecule has 0 bridgehead atoms. The second-order valence-corrected chi connectivity index (χ2v) is 5.30. The van der Waals surface area contributed by atoms with Crippen LogP contribution in [0.2, 0.25) is 0 Å². The van der Waals surface area contributed by atoms with Gasteiger partial charge in [-0.3, -0.25) is 14.9 Å². The van der Waals surface area contributed by atoms with Gasteiger partial charge in [0.05, 0.1) is 6.61 Å². The normalized spacial score (nSPS) is 15.1. The Morgan fingerprint density at radius 2 is 1.75 bits per heavy atom. The minimum Gasteiger partial charge on any atom is -0.491 e. The minimum absolute atomic E-state index is 0.371. The highest BCUT2D eigenvalue weighted by Gasteiger charge is 2.26. The molecule has 0 fully saturated rings. The largest absolute Gasteiger partial charge is 0.491 e. The van der Waals surface area contributed by atoms with Gasteiger partial charge < -0.3 is 9.47 Å². The number of benzene rings is 2. The van der Waals surface area contributed by atoms with Crippen molar-refractivity contribution >= 4 is 23.5 Å². The standard InChI is InChI=1S/C19H17NO4/c1-23-9-10-24-14-6-4-5-13(11-14)12-17-15-7-2-3-8-16(15)18(21)20-19(17)22/h2-8,11-12H,9-10H2,1H3,(H,20,21,22)/b17-12-. The Morgan fingerprint density at radius 1 is 0.958 bits per heavy atom. The first-order valence-electron chi connectivity index (χ1n) is 7.57. The van der Waals surface area contributed by atoms with Gasteiger partial charge in [-0.2, -0.15) is 0 Å². The molecule has 0 radical (unpaired) electrons. The summed E-state index contributed by atoms with van der Waals surface area (Å²) in [5, 5.41) is 2.37. The van der Waals surface area contributed by atoms with Crippen molar-refractivity contribution in [2.45, 2.75) is 0 Å². The van der Waals surface area contributed by atoms with Crippen molar-refractivity contribution in [1.82, 2.24) is 5.32 Å². The van der Waals surface area contributed by atoms with E-state index in [1.807, 2.05) is 30.3 Å². The summed E-state index contributed by atoms with van der Waals surface area (Å²) in [6.07, 6.45) is 1.75. The number of carbonyl (C=O) groups excluding carboxylic acids is 2. The molecule has 2 aromatic rings. The van der Waals surface area contributed by atoms with Crippen LogP contribution in [0.25, 0.3) is 11.6 Å². The van der Waals surface area contributed by atoms with Crippen LogP contribution in [0.15, 0.2) is 48.5 Å². The molecule has 0 saturated heterocycles. The Labute approximate surface area is 139 Å². The Hall–Kier alpha value is -2.92. The lowest BCUT2D eigenvalue weighted by Crippen LogP contribution is -2.36. The molecule has 24 heavy (non-hydrogen) atoms. The van der Waals surface area contributed by atoms with Crippen molar-refractivity contribution in [3.05, 3.63) is 65.2 Å². The van der Waals surface area contributed by atoms with Crippen LogP contribution in [0.5, 0.6) is 5.75 Å². The summed E-state index contributed by atoms with van der Waals surface area (Å²) >= 11 is 0. The summed E-state index contributed by atoms with van der Waals surface area (Å²) in [6.45, 7) is 0.956. The number of fused-ring (bicyclic) bond motifs is 1. The Balaban J connectivity index is 1.93. The molecule has 1 N–H and O–H groups in total. The number of rotatable bonds is 5. The van der Waals surface area contributed by atoms with Crippen molar-refractivity contribution in [2.24, 2.45) is 0 Å². The Kier molecular flexibility index (Phi) is 4.72. The average Bonchev–Trinajstić information content (AvgIpc) is 2.59. The topological polar surface area (TPSA) is 64.6 Å². The van der Waals surface area contributed by atoms with Gasteiger partial charge in [-0.15, -0.1) is 0 Å². The molecule has 0 spiro atoms. The van der Waals surface area contributed by atoms with Gasteiger partial charge in [-0.05, 0) is 35.4 Å². The SMILES string of the molecule is COCCOc1cccc(/C=C2\C(=O)NC(=O)c3ccccc32)c1. The Morgan fingerprint density at radius 3 is 2.54 bits per heavy atom. The molecule has 122 valence electrons. The molecule has 2 aromatic carbocycles. The number of nitrogens with one attached hydrogen (secondary N) is 1. The first-order chi connectivity index (χ1) is 11.7. The number of imide groups is 1. The van der Waals surface area contributed by atoms with Crippen molar-refractivity contribution in [3.63, 3.8) is 0 Å². The fourth-order valence-corrected chi connectivity index (χ4v) is 2.52. The molecule has 0 atom stereocenters. The third-order valence-electron chi connectivity index (χ3n) is 3.66. The highest BCUT2D eigenvalue weighted by Crippen LogP contribution is 2.26. The van der Waals surface area contributed by atoms with E-state index in [9.17, 15) is 9.59 Å². The van der Waals surface area contributed by atoms with Crippen LogP contribution in [-0.4, -0.2) is 32.1 Å². The van der Waals surface area contributed by atoms with E-state index >= 15 is 0 Å². The van der Waals surface area contributed by atoms with Crippen LogP contribution in [0.4, 0.5) is 0 Å². The summed E-state index contributed by atoms with van der Waals surface area (Å²) < 4.78 is 10.5. The molecule has 0 aromatic heterocycles. The zero-order valence-electron chi connectivity index (χ0n) is 13.2.